The highest BCUT2D eigenvalue weighted by molar-refractivity contribution is 5.82. The number of carboxylic acids is 1. The van der Waals surface area contributed by atoms with Crippen molar-refractivity contribution in [1.82, 2.24) is 10.2 Å². The molecule has 0 bridgehead atoms. The highest BCUT2D eigenvalue weighted by Crippen LogP contribution is 2.21. The summed E-state index contributed by atoms with van der Waals surface area (Å²) >= 11 is 0. The molecule has 0 spiro atoms. The molecule has 0 aromatic rings. The molecular weight excluding hydrogens is 224 g/mol. The fraction of sp³-hybridized carbons (Fsp3) is 0.818. The van der Waals surface area contributed by atoms with Crippen molar-refractivity contribution in [3.63, 3.8) is 0 Å². The highest BCUT2D eigenvalue weighted by atomic mass is 16.4. The molecule has 2 amide bonds. The quantitative estimate of drug-likeness (QED) is 0.656. The van der Waals surface area contributed by atoms with Gasteiger partial charge in [-0.05, 0) is 33.1 Å². The van der Waals surface area contributed by atoms with Crippen LogP contribution >= 0.6 is 0 Å². The summed E-state index contributed by atoms with van der Waals surface area (Å²) in [6, 6.07) is -1.27. The maximum absolute atomic E-state index is 11.7. The lowest BCUT2D eigenvalue weighted by Gasteiger charge is -2.23. The van der Waals surface area contributed by atoms with Crippen LogP contribution in [0.2, 0.25) is 0 Å². The first-order valence-electron chi connectivity index (χ1n) is 5.82. The lowest BCUT2D eigenvalue weighted by atomic mass is 9.98. The number of aliphatic carboxylic acids is 1. The Morgan fingerprint density at radius 1 is 1.35 bits per heavy atom. The first-order chi connectivity index (χ1) is 7.82. The number of nitrogens with one attached hydrogen (secondary N) is 1. The smallest absolute Gasteiger partial charge is 0.325 e. The number of carbonyl (C=O) groups excluding carboxylic acids is 1. The molecule has 6 heteroatoms. The number of rotatable bonds is 2. The maximum atomic E-state index is 11.7. The third-order valence-corrected chi connectivity index (χ3v) is 3.06. The van der Waals surface area contributed by atoms with Crippen LogP contribution in [-0.2, 0) is 4.79 Å². The van der Waals surface area contributed by atoms with Crippen LogP contribution in [0, 0.1) is 0 Å². The molecule has 2 unspecified atom stereocenters. The predicted molar refractivity (Wildman–Crippen MR) is 61.7 cm³/mol. The molecule has 0 aliphatic carbocycles. The standard InChI is InChI=1S/C11H20N2O4/c1-8(9(14)15)12-10(16)13-6-3-4-11(2,17)5-7-13/h8,17H,3-7H2,1-2H3,(H,12,16)(H,14,15). The van der Waals surface area contributed by atoms with Crippen LogP contribution in [0.3, 0.4) is 0 Å². The minimum absolute atomic E-state index is 0.377. The number of carbonyl (C=O) groups is 2. The Morgan fingerprint density at radius 2 is 2.00 bits per heavy atom. The molecule has 0 saturated carbocycles. The number of aliphatic hydroxyl groups is 1. The SMILES string of the molecule is CC(NC(=O)N1CCCC(C)(O)CC1)C(=O)O. The van der Waals surface area contributed by atoms with E-state index in [1.54, 1.807) is 11.8 Å². The second-order valence-electron chi connectivity index (χ2n) is 4.85. The Labute approximate surface area is 101 Å². The molecule has 98 valence electrons. The number of likely N-dealkylation sites (tertiary alicyclic amines) is 1. The summed E-state index contributed by atoms with van der Waals surface area (Å²) in [7, 11) is 0. The molecule has 2 atom stereocenters. The molecule has 1 aliphatic heterocycles. The van der Waals surface area contributed by atoms with Crippen LogP contribution in [-0.4, -0.2) is 51.8 Å². The van der Waals surface area contributed by atoms with Crippen molar-refractivity contribution >= 4 is 12.0 Å². The van der Waals surface area contributed by atoms with Crippen molar-refractivity contribution in [1.29, 1.82) is 0 Å². The Hall–Kier alpha value is -1.30. The zero-order chi connectivity index (χ0) is 13.1. The fourth-order valence-electron chi connectivity index (χ4n) is 1.80. The molecular formula is C11H20N2O4. The normalized spacial score (nSPS) is 27.1. The van der Waals surface area contributed by atoms with Gasteiger partial charge in [-0.2, -0.15) is 0 Å². The first-order valence-corrected chi connectivity index (χ1v) is 5.82. The largest absolute Gasteiger partial charge is 0.480 e. The van der Waals surface area contributed by atoms with Crippen molar-refractivity contribution in [2.75, 3.05) is 13.1 Å². The highest BCUT2D eigenvalue weighted by Gasteiger charge is 2.27. The number of hydrogen-bond acceptors (Lipinski definition) is 3. The van der Waals surface area contributed by atoms with Gasteiger partial charge in [-0.1, -0.05) is 0 Å². The van der Waals surface area contributed by atoms with Crippen LogP contribution in [0.5, 0.6) is 0 Å². The zero-order valence-electron chi connectivity index (χ0n) is 10.3. The Bertz CT molecular complexity index is 304. The molecule has 0 radical (unpaired) electrons. The van der Waals surface area contributed by atoms with Gasteiger partial charge in [0.1, 0.15) is 6.04 Å². The molecule has 1 saturated heterocycles. The minimum atomic E-state index is -1.06. The molecule has 6 nitrogen and oxygen atoms in total. The summed E-state index contributed by atoms with van der Waals surface area (Å²) in [4.78, 5) is 23.9. The van der Waals surface area contributed by atoms with Crippen molar-refractivity contribution in [2.45, 2.75) is 44.8 Å². The van der Waals surface area contributed by atoms with Gasteiger partial charge in [-0.25, -0.2) is 4.79 Å². The van der Waals surface area contributed by atoms with Crippen molar-refractivity contribution < 1.29 is 19.8 Å². The Kier molecular flexibility index (Phi) is 4.34. The average Bonchev–Trinajstić information content (AvgIpc) is 2.39. The number of amides is 2. The van der Waals surface area contributed by atoms with E-state index >= 15 is 0 Å². The average molecular weight is 244 g/mol. The summed E-state index contributed by atoms with van der Waals surface area (Å²) in [6.45, 7) is 4.18. The van der Waals surface area contributed by atoms with Crippen LogP contribution in [0.1, 0.15) is 33.1 Å². The molecule has 17 heavy (non-hydrogen) atoms. The third-order valence-electron chi connectivity index (χ3n) is 3.06. The molecule has 1 aliphatic rings. The van der Waals surface area contributed by atoms with Crippen LogP contribution in [0.25, 0.3) is 0 Å². The van der Waals surface area contributed by atoms with E-state index in [2.05, 4.69) is 5.32 Å². The van der Waals surface area contributed by atoms with Gasteiger partial charge in [-0.15, -0.1) is 0 Å². The number of nitrogens with zero attached hydrogens (tertiary/aromatic N) is 1. The zero-order valence-corrected chi connectivity index (χ0v) is 10.3. The second-order valence-corrected chi connectivity index (χ2v) is 4.85. The third kappa shape index (κ3) is 4.22. The number of carboxylic acid groups (broad SMARTS) is 1. The molecule has 1 heterocycles. The van der Waals surface area contributed by atoms with Crippen molar-refractivity contribution in [2.24, 2.45) is 0 Å². The molecule has 0 aromatic carbocycles. The number of urea groups is 1. The summed E-state index contributed by atoms with van der Waals surface area (Å²) in [5.74, 6) is -1.06. The Balaban J connectivity index is 2.50. The monoisotopic (exact) mass is 244 g/mol. The van der Waals surface area contributed by atoms with Crippen LogP contribution < -0.4 is 5.32 Å². The molecule has 3 N–H and O–H groups in total. The van der Waals surface area contributed by atoms with Gasteiger partial charge >= 0.3 is 12.0 Å². The van der Waals surface area contributed by atoms with Gasteiger partial charge in [0.05, 0.1) is 5.60 Å². The van der Waals surface area contributed by atoms with E-state index in [9.17, 15) is 14.7 Å². The summed E-state index contributed by atoms with van der Waals surface area (Å²) in [5, 5.41) is 21.0. The van der Waals surface area contributed by atoms with Gasteiger partial charge in [0.25, 0.3) is 0 Å². The van der Waals surface area contributed by atoms with Crippen LogP contribution in [0.15, 0.2) is 0 Å². The predicted octanol–water partition coefficient (Wildman–Crippen LogP) is 0.406. The summed E-state index contributed by atoms with van der Waals surface area (Å²) in [6.07, 6.45) is 1.90. The lowest BCUT2D eigenvalue weighted by Crippen LogP contribution is -2.47. The van der Waals surface area contributed by atoms with E-state index in [0.29, 0.717) is 25.9 Å². The van der Waals surface area contributed by atoms with Gasteiger partial charge < -0.3 is 20.4 Å². The van der Waals surface area contributed by atoms with Gasteiger partial charge in [0.15, 0.2) is 0 Å². The molecule has 0 aromatic heterocycles. The van der Waals surface area contributed by atoms with E-state index < -0.39 is 17.6 Å². The second kappa shape index (κ2) is 5.35. The van der Waals surface area contributed by atoms with E-state index in [0.717, 1.165) is 6.42 Å². The van der Waals surface area contributed by atoms with Crippen molar-refractivity contribution in [3.8, 4) is 0 Å². The topological polar surface area (TPSA) is 89.9 Å². The van der Waals surface area contributed by atoms with Crippen LogP contribution in [0.4, 0.5) is 4.79 Å². The first kappa shape index (κ1) is 13.8. The maximum Gasteiger partial charge on any atom is 0.325 e. The Morgan fingerprint density at radius 3 is 2.59 bits per heavy atom. The molecule has 1 rings (SSSR count). The molecule has 1 fully saturated rings. The number of hydrogen-bond donors (Lipinski definition) is 3. The summed E-state index contributed by atoms with van der Waals surface area (Å²) < 4.78 is 0. The van der Waals surface area contributed by atoms with E-state index in [1.165, 1.54) is 6.92 Å². The van der Waals surface area contributed by atoms with E-state index in [4.69, 9.17) is 5.11 Å². The van der Waals surface area contributed by atoms with E-state index in [1.807, 2.05) is 0 Å². The van der Waals surface area contributed by atoms with Gasteiger partial charge in [0.2, 0.25) is 0 Å². The van der Waals surface area contributed by atoms with E-state index in [-0.39, 0.29) is 6.03 Å². The van der Waals surface area contributed by atoms with Crippen molar-refractivity contribution in [3.05, 3.63) is 0 Å². The van der Waals surface area contributed by atoms with Gasteiger partial charge in [0, 0.05) is 13.1 Å². The minimum Gasteiger partial charge on any atom is -0.480 e. The summed E-state index contributed by atoms with van der Waals surface area (Å²) in [5.41, 5.74) is -0.729. The van der Waals surface area contributed by atoms with Gasteiger partial charge in [-0.3, -0.25) is 4.79 Å². The fourth-order valence-corrected chi connectivity index (χ4v) is 1.80. The lowest BCUT2D eigenvalue weighted by molar-refractivity contribution is -0.138.